The number of hydrogen-bond donors (Lipinski definition) is 0. The minimum atomic E-state index is -0.761. The molecule has 0 aromatic carbocycles. The second kappa shape index (κ2) is 44.9. The third-order valence-electron chi connectivity index (χ3n) is 11.7. The molecule has 0 aliphatic rings. The zero-order chi connectivity index (χ0) is 42.6. The summed E-state index contributed by atoms with van der Waals surface area (Å²) in [7, 11) is 0. The Bertz CT molecular complexity index is 885. The summed E-state index contributed by atoms with van der Waals surface area (Å²) in [6.45, 7) is 11.4. The molecule has 0 spiro atoms. The van der Waals surface area contributed by atoms with Gasteiger partial charge in [0.1, 0.15) is 13.2 Å². The first-order valence-electron chi connectivity index (χ1n) is 25.7. The van der Waals surface area contributed by atoms with Crippen molar-refractivity contribution in [2.24, 2.45) is 11.8 Å². The number of unbranched alkanes of at least 4 members (excludes halogenated alkanes) is 31. The Hall–Kier alpha value is -1.59. The molecule has 0 aromatic heterocycles. The van der Waals surface area contributed by atoms with E-state index < -0.39 is 6.10 Å². The first kappa shape index (κ1) is 56.4. The van der Waals surface area contributed by atoms with Crippen LogP contribution in [0.4, 0.5) is 0 Å². The van der Waals surface area contributed by atoms with E-state index in [1.807, 2.05) is 0 Å². The fourth-order valence-corrected chi connectivity index (χ4v) is 7.81. The van der Waals surface area contributed by atoms with Crippen molar-refractivity contribution < 1.29 is 28.6 Å². The van der Waals surface area contributed by atoms with E-state index in [2.05, 4.69) is 34.6 Å². The SMILES string of the molecule is CCCCCCCCCCCCC(=O)O[C@H](COC(=O)CCCCCCCCCCCCCCCCC(C)C)COC(=O)CCCCCCCCCCCCC(C)C. The molecule has 0 heterocycles. The van der Waals surface area contributed by atoms with E-state index in [-0.39, 0.29) is 31.1 Å². The second-order valence-corrected chi connectivity index (χ2v) is 18.8. The van der Waals surface area contributed by atoms with E-state index in [4.69, 9.17) is 14.2 Å². The predicted molar refractivity (Wildman–Crippen MR) is 247 cm³/mol. The molecule has 1 atom stereocenters. The van der Waals surface area contributed by atoms with Gasteiger partial charge in [0.05, 0.1) is 0 Å². The van der Waals surface area contributed by atoms with Crippen molar-refractivity contribution >= 4 is 17.9 Å². The Labute approximate surface area is 361 Å². The normalized spacial score (nSPS) is 12.1. The van der Waals surface area contributed by atoms with Crippen molar-refractivity contribution in [3.8, 4) is 0 Å². The van der Waals surface area contributed by atoms with Gasteiger partial charge in [0.15, 0.2) is 6.10 Å². The minimum absolute atomic E-state index is 0.0637. The minimum Gasteiger partial charge on any atom is -0.462 e. The zero-order valence-electron chi connectivity index (χ0n) is 39.7. The molecule has 6 nitrogen and oxygen atoms in total. The number of hydrogen-bond acceptors (Lipinski definition) is 6. The van der Waals surface area contributed by atoms with Crippen LogP contribution in [0.15, 0.2) is 0 Å². The Morgan fingerprint density at radius 1 is 0.328 bits per heavy atom. The van der Waals surface area contributed by atoms with Gasteiger partial charge in [0, 0.05) is 19.3 Å². The first-order valence-corrected chi connectivity index (χ1v) is 25.7. The predicted octanol–water partition coefficient (Wildman–Crippen LogP) is 16.5. The van der Waals surface area contributed by atoms with Crippen LogP contribution in [0.3, 0.4) is 0 Å². The molecule has 0 aliphatic carbocycles. The largest absolute Gasteiger partial charge is 0.462 e. The van der Waals surface area contributed by atoms with Crippen LogP contribution in [0.2, 0.25) is 0 Å². The summed E-state index contributed by atoms with van der Waals surface area (Å²) in [6, 6.07) is 0. The van der Waals surface area contributed by atoms with Gasteiger partial charge in [-0.25, -0.2) is 0 Å². The molecule has 0 amide bonds. The molecular weight excluding hydrogens is 721 g/mol. The van der Waals surface area contributed by atoms with Gasteiger partial charge < -0.3 is 14.2 Å². The van der Waals surface area contributed by atoms with Crippen LogP contribution in [-0.4, -0.2) is 37.2 Å². The molecule has 0 unspecified atom stereocenters. The highest BCUT2D eigenvalue weighted by Gasteiger charge is 2.19. The standard InChI is InChI=1S/C52H100O6/c1-6-7-8-9-10-11-22-29-34-39-44-52(55)58-49(46-57-51(54)43-38-33-28-24-19-18-21-26-31-36-41-48(4)5)45-56-50(53)42-37-32-27-23-17-15-13-12-14-16-20-25-30-35-40-47(2)3/h47-49H,6-46H2,1-5H3/t49-/m1/s1. The van der Waals surface area contributed by atoms with Gasteiger partial charge in [0.2, 0.25) is 0 Å². The smallest absolute Gasteiger partial charge is 0.306 e. The van der Waals surface area contributed by atoms with Gasteiger partial charge in [-0.05, 0) is 31.1 Å². The molecule has 0 radical (unpaired) electrons. The Kier molecular flexibility index (Phi) is 43.7. The van der Waals surface area contributed by atoms with Crippen molar-refractivity contribution in [1.29, 1.82) is 0 Å². The molecule has 0 rings (SSSR count). The average molecular weight is 821 g/mol. The van der Waals surface area contributed by atoms with Crippen LogP contribution in [0.1, 0.15) is 285 Å². The Morgan fingerprint density at radius 3 is 0.845 bits per heavy atom. The van der Waals surface area contributed by atoms with Gasteiger partial charge in [-0.2, -0.15) is 0 Å². The lowest BCUT2D eigenvalue weighted by molar-refractivity contribution is -0.167. The van der Waals surface area contributed by atoms with Gasteiger partial charge in [-0.1, -0.05) is 247 Å². The van der Waals surface area contributed by atoms with Crippen LogP contribution in [0.5, 0.6) is 0 Å². The van der Waals surface area contributed by atoms with E-state index in [0.717, 1.165) is 69.6 Å². The van der Waals surface area contributed by atoms with E-state index in [0.29, 0.717) is 19.3 Å². The summed E-state index contributed by atoms with van der Waals surface area (Å²) in [5, 5.41) is 0. The van der Waals surface area contributed by atoms with Crippen molar-refractivity contribution in [1.82, 2.24) is 0 Å². The fourth-order valence-electron chi connectivity index (χ4n) is 7.81. The van der Waals surface area contributed by atoms with Crippen LogP contribution in [0.25, 0.3) is 0 Å². The molecule has 0 aromatic rings. The average Bonchev–Trinajstić information content (AvgIpc) is 3.19. The van der Waals surface area contributed by atoms with Crippen LogP contribution in [0, 0.1) is 11.8 Å². The maximum absolute atomic E-state index is 12.7. The van der Waals surface area contributed by atoms with Gasteiger partial charge >= 0.3 is 17.9 Å². The highest BCUT2D eigenvalue weighted by Crippen LogP contribution is 2.17. The highest BCUT2D eigenvalue weighted by molar-refractivity contribution is 5.71. The van der Waals surface area contributed by atoms with Crippen molar-refractivity contribution in [2.75, 3.05) is 13.2 Å². The number of esters is 3. The molecule has 58 heavy (non-hydrogen) atoms. The first-order chi connectivity index (χ1) is 28.2. The monoisotopic (exact) mass is 821 g/mol. The molecule has 0 saturated heterocycles. The summed E-state index contributed by atoms with van der Waals surface area (Å²) in [4.78, 5) is 37.9. The Balaban J connectivity index is 4.26. The third-order valence-corrected chi connectivity index (χ3v) is 11.7. The Morgan fingerprint density at radius 2 is 0.569 bits per heavy atom. The summed E-state index contributed by atoms with van der Waals surface area (Å²) in [6.07, 6.45) is 45.2. The second-order valence-electron chi connectivity index (χ2n) is 18.8. The van der Waals surface area contributed by atoms with Gasteiger partial charge in [0.25, 0.3) is 0 Å². The lowest BCUT2D eigenvalue weighted by atomic mass is 10.0. The number of ether oxygens (including phenoxy) is 3. The molecule has 0 fully saturated rings. The topological polar surface area (TPSA) is 78.9 Å². The zero-order valence-corrected chi connectivity index (χ0v) is 39.7. The van der Waals surface area contributed by atoms with Gasteiger partial charge in [-0.3, -0.25) is 14.4 Å². The quantitative estimate of drug-likeness (QED) is 0.0346. The van der Waals surface area contributed by atoms with Crippen molar-refractivity contribution in [3.63, 3.8) is 0 Å². The lowest BCUT2D eigenvalue weighted by Crippen LogP contribution is -2.30. The number of rotatable bonds is 46. The fraction of sp³-hybridized carbons (Fsp3) is 0.942. The van der Waals surface area contributed by atoms with Crippen molar-refractivity contribution in [3.05, 3.63) is 0 Å². The maximum Gasteiger partial charge on any atom is 0.306 e. The molecule has 0 saturated carbocycles. The van der Waals surface area contributed by atoms with E-state index >= 15 is 0 Å². The summed E-state index contributed by atoms with van der Waals surface area (Å²) in [5.41, 5.74) is 0. The lowest BCUT2D eigenvalue weighted by Gasteiger charge is -2.18. The molecule has 6 heteroatoms. The number of carbonyl (C=O) groups excluding carboxylic acids is 3. The maximum atomic E-state index is 12.7. The highest BCUT2D eigenvalue weighted by atomic mass is 16.6. The number of carbonyl (C=O) groups is 3. The van der Waals surface area contributed by atoms with Crippen LogP contribution >= 0.6 is 0 Å². The van der Waals surface area contributed by atoms with E-state index in [9.17, 15) is 14.4 Å². The summed E-state index contributed by atoms with van der Waals surface area (Å²) >= 11 is 0. The van der Waals surface area contributed by atoms with Crippen LogP contribution in [-0.2, 0) is 28.6 Å². The van der Waals surface area contributed by atoms with Crippen LogP contribution < -0.4 is 0 Å². The van der Waals surface area contributed by atoms with E-state index in [1.165, 1.54) is 173 Å². The molecule has 0 aliphatic heterocycles. The van der Waals surface area contributed by atoms with Crippen molar-refractivity contribution in [2.45, 2.75) is 291 Å². The molecule has 0 N–H and O–H groups in total. The molecule has 0 bridgehead atoms. The van der Waals surface area contributed by atoms with E-state index in [1.54, 1.807) is 0 Å². The third kappa shape index (κ3) is 45.5. The molecular formula is C52H100O6. The molecule has 344 valence electrons. The summed E-state index contributed by atoms with van der Waals surface area (Å²) in [5.74, 6) is 0.813. The summed E-state index contributed by atoms with van der Waals surface area (Å²) < 4.78 is 16.8. The van der Waals surface area contributed by atoms with Gasteiger partial charge in [-0.15, -0.1) is 0 Å².